The highest BCUT2D eigenvalue weighted by atomic mass is 35.5. The number of anilines is 1. The number of benzene rings is 4. The second-order valence-electron chi connectivity index (χ2n) is 20.0. The Morgan fingerprint density at radius 1 is 0.985 bits per heavy atom. The monoisotopic (exact) mass is 943 g/mol. The Labute approximate surface area is 401 Å². The van der Waals surface area contributed by atoms with Gasteiger partial charge in [-0.25, -0.2) is 4.39 Å². The standard InChI is InChI=1S/C53H59ClFN7O6/c1-32-47(33(2)59(6)58-32)48-41(54)18-17-38(35(25-52(3,4)5)11-9-23-67-43-13-7-10-34-24-36(55)15-16-37(34)43)49(48)56-21-22-60-28-53(29-60)30-61(31-53)46(64)27-68-44-14-8-12-39-40(44)26-62(51(39)66)42-19-20-45(63)57-50(42)65/h7-8,10,12-18,24-25,42,56H,9,11,19-23,26-31H2,1-6H3,(H,57,63,65)/b35-25+. The second-order valence-corrected chi connectivity index (χ2v) is 20.4. The number of carbonyl (C=O) groups excluding carboxylic acids is 4. The molecule has 9 rings (SSSR count). The summed E-state index contributed by atoms with van der Waals surface area (Å²) in [4.78, 5) is 56.6. The van der Waals surface area contributed by atoms with Crippen molar-refractivity contribution in [3.05, 3.63) is 112 Å². The highest BCUT2D eigenvalue weighted by Crippen LogP contribution is 2.45. The minimum Gasteiger partial charge on any atom is -0.493 e. The van der Waals surface area contributed by atoms with Gasteiger partial charge in [-0.2, -0.15) is 5.10 Å². The van der Waals surface area contributed by atoms with E-state index >= 15 is 0 Å². The lowest BCUT2D eigenvalue weighted by Crippen LogP contribution is -2.73. The van der Waals surface area contributed by atoms with Crippen LogP contribution >= 0.6 is 11.6 Å². The molecule has 0 radical (unpaired) electrons. The molecule has 5 heterocycles. The highest BCUT2D eigenvalue weighted by molar-refractivity contribution is 6.34. The molecule has 13 nitrogen and oxygen atoms in total. The zero-order chi connectivity index (χ0) is 48.1. The Morgan fingerprint density at radius 3 is 2.49 bits per heavy atom. The average molecular weight is 945 g/mol. The van der Waals surface area contributed by atoms with Crippen LogP contribution < -0.4 is 20.1 Å². The molecule has 356 valence electrons. The molecule has 3 fully saturated rings. The zero-order valence-electron chi connectivity index (χ0n) is 39.6. The van der Waals surface area contributed by atoms with E-state index < -0.39 is 11.9 Å². The van der Waals surface area contributed by atoms with Crippen molar-refractivity contribution in [3.8, 4) is 22.6 Å². The van der Waals surface area contributed by atoms with E-state index in [9.17, 15) is 23.6 Å². The number of rotatable bonds is 15. The molecule has 0 saturated carbocycles. The number of hydrogen-bond acceptors (Lipinski definition) is 9. The van der Waals surface area contributed by atoms with Crippen LogP contribution in [0.25, 0.3) is 27.5 Å². The first-order valence-electron chi connectivity index (χ1n) is 23.5. The van der Waals surface area contributed by atoms with E-state index in [0.29, 0.717) is 48.1 Å². The molecule has 0 aliphatic carbocycles. The number of imide groups is 1. The van der Waals surface area contributed by atoms with Gasteiger partial charge in [0.1, 0.15) is 23.4 Å². The van der Waals surface area contributed by atoms with Gasteiger partial charge in [0, 0.05) is 97.0 Å². The summed E-state index contributed by atoms with van der Waals surface area (Å²) >= 11 is 7.16. The summed E-state index contributed by atoms with van der Waals surface area (Å²) in [7, 11) is 1.95. The molecule has 2 N–H and O–H groups in total. The van der Waals surface area contributed by atoms with Crippen LogP contribution in [0, 0.1) is 30.5 Å². The Kier molecular flexibility index (Phi) is 12.9. The minimum atomic E-state index is -0.728. The Hall–Kier alpha value is -6.25. The molecule has 1 unspecified atom stereocenters. The molecular weight excluding hydrogens is 885 g/mol. The van der Waals surface area contributed by atoms with Crippen molar-refractivity contribution in [3.63, 3.8) is 0 Å². The predicted molar refractivity (Wildman–Crippen MR) is 261 cm³/mol. The summed E-state index contributed by atoms with van der Waals surface area (Å²) in [5.74, 6) is -0.301. The van der Waals surface area contributed by atoms with Crippen LogP contribution in [0.3, 0.4) is 0 Å². The molecule has 1 atom stereocenters. The summed E-state index contributed by atoms with van der Waals surface area (Å²) in [6, 6.07) is 19.0. The molecule has 0 bridgehead atoms. The van der Waals surface area contributed by atoms with E-state index in [0.717, 1.165) is 82.8 Å². The third-order valence-electron chi connectivity index (χ3n) is 13.7. The second kappa shape index (κ2) is 18.7. The van der Waals surface area contributed by atoms with Crippen LogP contribution in [-0.4, -0.2) is 107 Å². The van der Waals surface area contributed by atoms with Crippen molar-refractivity contribution in [2.75, 3.05) is 57.8 Å². The molecule has 4 amide bonds. The number of piperidine rings is 1. The van der Waals surface area contributed by atoms with E-state index in [1.165, 1.54) is 22.6 Å². The first-order chi connectivity index (χ1) is 32.5. The van der Waals surface area contributed by atoms with E-state index in [1.807, 2.05) is 47.8 Å². The smallest absolute Gasteiger partial charge is 0.260 e. The number of allylic oxidation sites excluding steroid dienone is 2. The number of ether oxygens (including phenoxy) is 2. The maximum absolute atomic E-state index is 14.0. The lowest BCUT2D eigenvalue weighted by Gasteiger charge is -2.60. The van der Waals surface area contributed by atoms with Crippen molar-refractivity contribution in [2.45, 2.75) is 72.9 Å². The number of likely N-dealkylation sites (tertiary alicyclic amines) is 2. The number of nitrogens with zero attached hydrogens (tertiary/aromatic N) is 5. The van der Waals surface area contributed by atoms with Gasteiger partial charge in [0.25, 0.3) is 11.8 Å². The van der Waals surface area contributed by atoms with Crippen LogP contribution in [0.4, 0.5) is 10.1 Å². The topological polar surface area (TPSA) is 138 Å². The Bertz CT molecular complexity index is 2860. The SMILES string of the molecule is Cc1nn(C)c(C)c1-c1c(Cl)ccc(/C(=C/C(C)(C)C)CCCOc2cccc3cc(F)ccc23)c1NCCN1CC2(C1)CN(C(=O)COc1cccc3c1CN(C1CCC(=O)NC1=O)C3=O)C2. The molecule has 3 saturated heterocycles. The quantitative estimate of drug-likeness (QED) is 0.0784. The third kappa shape index (κ3) is 9.45. The number of hydrogen-bond donors (Lipinski definition) is 2. The number of aryl methyl sites for hydroxylation is 2. The lowest BCUT2D eigenvalue weighted by atomic mass is 9.73. The summed E-state index contributed by atoms with van der Waals surface area (Å²) in [6.45, 7) is 15.7. The molecular formula is C53H59ClFN7O6. The van der Waals surface area contributed by atoms with E-state index in [2.05, 4.69) is 55.4 Å². The van der Waals surface area contributed by atoms with Crippen molar-refractivity contribution < 1.29 is 33.0 Å². The van der Waals surface area contributed by atoms with Gasteiger partial charge in [0.15, 0.2) is 6.61 Å². The third-order valence-corrected chi connectivity index (χ3v) is 14.0. The fourth-order valence-electron chi connectivity index (χ4n) is 10.5. The Balaban J connectivity index is 0.830. The largest absolute Gasteiger partial charge is 0.493 e. The number of aromatic nitrogens is 2. The van der Waals surface area contributed by atoms with Crippen molar-refractivity contribution >= 4 is 57.3 Å². The van der Waals surface area contributed by atoms with Gasteiger partial charge in [-0.15, -0.1) is 0 Å². The lowest BCUT2D eigenvalue weighted by molar-refractivity contribution is -0.160. The Morgan fingerprint density at radius 2 is 1.75 bits per heavy atom. The summed E-state index contributed by atoms with van der Waals surface area (Å²) in [5.41, 5.74) is 8.11. The summed E-state index contributed by atoms with van der Waals surface area (Å²) < 4.78 is 28.2. The maximum atomic E-state index is 14.0. The molecule has 4 aromatic carbocycles. The normalized spacial score (nSPS) is 18.1. The fraction of sp³-hybridized carbons (Fsp3) is 0.415. The van der Waals surface area contributed by atoms with Gasteiger partial charge in [-0.3, -0.25) is 29.2 Å². The number of amides is 4. The van der Waals surface area contributed by atoms with Gasteiger partial charge < -0.3 is 29.5 Å². The van der Waals surface area contributed by atoms with Crippen LogP contribution in [0.1, 0.15) is 79.3 Å². The van der Waals surface area contributed by atoms with Crippen LogP contribution in [-0.2, 0) is 28.0 Å². The van der Waals surface area contributed by atoms with Gasteiger partial charge >= 0.3 is 0 Å². The predicted octanol–water partition coefficient (Wildman–Crippen LogP) is 8.33. The number of nitrogens with one attached hydrogen (secondary N) is 2. The minimum absolute atomic E-state index is 0.0434. The summed E-state index contributed by atoms with van der Waals surface area (Å²) in [6.07, 6.45) is 4.29. The van der Waals surface area contributed by atoms with Gasteiger partial charge in [-0.05, 0) is 91.9 Å². The molecule has 4 aliphatic heterocycles. The van der Waals surface area contributed by atoms with Crippen molar-refractivity contribution in [1.82, 2.24) is 29.8 Å². The molecule has 15 heteroatoms. The van der Waals surface area contributed by atoms with Crippen LogP contribution in [0.15, 0.2) is 72.8 Å². The van der Waals surface area contributed by atoms with E-state index in [1.54, 1.807) is 24.3 Å². The first-order valence-corrected chi connectivity index (χ1v) is 23.8. The van der Waals surface area contributed by atoms with E-state index in [-0.39, 0.29) is 60.4 Å². The van der Waals surface area contributed by atoms with Gasteiger partial charge in [0.2, 0.25) is 11.8 Å². The van der Waals surface area contributed by atoms with Gasteiger partial charge in [-0.1, -0.05) is 62.7 Å². The molecule has 5 aromatic rings. The molecule has 1 spiro atoms. The van der Waals surface area contributed by atoms with Gasteiger partial charge in [0.05, 0.1) is 29.6 Å². The zero-order valence-corrected chi connectivity index (χ0v) is 40.4. The highest BCUT2D eigenvalue weighted by Gasteiger charge is 2.52. The molecule has 68 heavy (non-hydrogen) atoms. The molecule has 1 aromatic heterocycles. The average Bonchev–Trinajstić information content (AvgIpc) is 3.72. The number of fused-ring (bicyclic) bond motifs is 2. The van der Waals surface area contributed by atoms with Crippen molar-refractivity contribution in [2.24, 2.45) is 17.9 Å². The first kappa shape index (κ1) is 46.8. The van der Waals surface area contributed by atoms with Crippen molar-refractivity contribution in [1.29, 1.82) is 0 Å². The number of carbonyl (C=O) groups is 4. The fourth-order valence-corrected chi connectivity index (χ4v) is 10.7. The summed E-state index contributed by atoms with van der Waals surface area (Å²) in [5, 5.41) is 13.3. The van der Waals surface area contributed by atoms with Crippen LogP contribution in [0.2, 0.25) is 5.02 Å². The van der Waals surface area contributed by atoms with Crippen LogP contribution in [0.5, 0.6) is 11.5 Å². The van der Waals surface area contributed by atoms with E-state index in [4.69, 9.17) is 26.2 Å². The maximum Gasteiger partial charge on any atom is 0.260 e. The number of halogens is 2. The molecule has 4 aliphatic rings.